The summed E-state index contributed by atoms with van der Waals surface area (Å²) >= 11 is 0. The number of nitrogens with zero attached hydrogens (tertiary/aromatic N) is 2. The second-order valence-electron chi connectivity index (χ2n) is 5.17. The van der Waals surface area contributed by atoms with Crippen LogP contribution in [0.3, 0.4) is 0 Å². The van der Waals surface area contributed by atoms with E-state index in [1.807, 2.05) is 13.8 Å². The lowest BCUT2D eigenvalue weighted by atomic mass is 10.2. The summed E-state index contributed by atoms with van der Waals surface area (Å²) in [4.78, 5) is 20.9. The normalized spacial score (nSPS) is 11.6. The first kappa shape index (κ1) is 14.7. The van der Waals surface area contributed by atoms with E-state index in [0.717, 1.165) is 18.9 Å². The molecule has 0 unspecified atom stereocenters. The van der Waals surface area contributed by atoms with Gasteiger partial charge in [-0.25, -0.2) is 4.98 Å². The van der Waals surface area contributed by atoms with Gasteiger partial charge < -0.3 is 15.2 Å². The third kappa shape index (κ3) is 4.49. The van der Waals surface area contributed by atoms with E-state index in [1.54, 1.807) is 0 Å². The highest BCUT2D eigenvalue weighted by atomic mass is 16.1. The summed E-state index contributed by atoms with van der Waals surface area (Å²) in [6.45, 7) is 10.0. The van der Waals surface area contributed by atoms with Gasteiger partial charge in [-0.3, -0.25) is 4.79 Å². The average molecular weight is 252 g/mol. The van der Waals surface area contributed by atoms with Crippen LogP contribution in [0.15, 0.2) is 10.9 Å². The molecule has 0 atom stereocenters. The Morgan fingerprint density at radius 1 is 1.39 bits per heavy atom. The molecule has 1 aromatic heterocycles. The lowest BCUT2D eigenvalue weighted by Crippen LogP contribution is -2.31. The van der Waals surface area contributed by atoms with Crippen LogP contribution < -0.4 is 10.9 Å². The molecule has 0 saturated carbocycles. The van der Waals surface area contributed by atoms with Crippen LogP contribution in [-0.2, 0) is 0 Å². The largest absolute Gasteiger partial charge is 0.369 e. The van der Waals surface area contributed by atoms with Crippen molar-refractivity contribution in [2.75, 3.05) is 25.5 Å². The molecule has 1 rings (SSSR count). The molecule has 2 N–H and O–H groups in total. The molecule has 0 bridgehead atoms. The van der Waals surface area contributed by atoms with Gasteiger partial charge in [0.15, 0.2) is 0 Å². The van der Waals surface area contributed by atoms with Crippen molar-refractivity contribution in [2.45, 2.75) is 39.7 Å². The van der Waals surface area contributed by atoms with Crippen molar-refractivity contribution in [3.63, 3.8) is 0 Å². The molecule has 5 heteroatoms. The summed E-state index contributed by atoms with van der Waals surface area (Å²) in [6.07, 6.45) is 0. The first-order chi connectivity index (χ1) is 8.40. The Hall–Kier alpha value is -1.36. The van der Waals surface area contributed by atoms with E-state index in [9.17, 15) is 4.79 Å². The smallest absolute Gasteiger partial charge is 0.252 e. The van der Waals surface area contributed by atoms with Crippen LogP contribution >= 0.6 is 0 Å². The quantitative estimate of drug-likeness (QED) is 0.808. The number of likely N-dealkylation sites (N-methyl/N-ethyl adjacent to an activating group) is 1. The van der Waals surface area contributed by atoms with Crippen molar-refractivity contribution in [3.05, 3.63) is 22.2 Å². The first-order valence-corrected chi connectivity index (χ1v) is 6.45. The second kappa shape index (κ2) is 6.54. The van der Waals surface area contributed by atoms with Gasteiger partial charge in [-0.2, -0.15) is 0 Å². The molecule has 0 amide bonds. The first-order valence-electron chi connectivity index (χ1n) is 6.45. The molecule has 0 aliphatic heterocycles. The van der Waals surface area contributed by atoms with Crippen molar-refractivity contribution in [1.82, 2.24) is 14.9 Å². The maximum Gasteiger partial charge on any atom is 0.252 e. The highest BCUT2D eigenvalue weighted by molar-refractivity contribution is 5.33. The molecular weight excluding hydrogens is 228 g/mol. The molecule has 0 aromatic carbocycles. The Balaban J connectivity index is 2.60. The minimum absolute atomic E-state index is 0.103. The molecule has 102 valence electrons. The van der Waals surface area contributed by atoms with Crippen LogP contribution in [0.5, 0.6) is 0 Å². The Morgan fingerprint density at radius 2 is 2.06 bits per heavy atom. The number of aromatic nitrogens is 2. The summed E-state index contributed by atoms with van der Waals surface area (Å²) in [7, 11) is 2.08. The molecule has 0 radical (unpaired) electrons. The highest BCUT2D eigenvalue weighted by Crippen LogP contribution is 2.08. The fourth-order valence-corrected chi connectivity index (χ4v) is 1.46. The van der Waals surface area contributed by atoms with Gasteiger partial charge in [0.25, 0.3) is 5.56 Å². The van der Waals surface area contributed by atoms with E-state index in [4.69, 9.17) is 0 Å². The van der Waals surface area contributed by atoms with Gasteiger partial charge in [0.2, 0.25) is 0 Å². The van der Waals surface area contributed by atoms with Crippen molar-refractivity contribution >= 4 is 5.82 Å². The van der Waals surface area contributed by atoms with E-state index in [0.29, 0.717) is 11.9 Å². The molecule has 0 aliphatic rings. The Morgan fingerprint density at radius 3 is 2.61 bits per heavy atom. The molecule has 0 saturated heterocycles. The van der Waals surface area contributed by atoms with Crippen LogP contribution in [0.2, 0.25) is 0 Å². The molecule has 5 nitrogen and oxygen atoms in total. The highest BCUT2D eigenvalue weighted by Gasteiger charge is 2.06. The lowest BCUT2D eigenvalue weighted by Gasteiger charge is -2.21. The van der Waals surface area contributed by atoms with Crippen molar-refractivity contribution in [2.24, 2.45) is 0 Å². The van der Waals surface area contributed by atoms with Crippen LogP contribution in [0, 0.1) is 0 Å². The predicted octanol–water partition coefficient (Wildman–Crippen LogP) is 1.65. The van der Waals surface area contributed by atoms with Gasteiger partial charge in [0, 0.05) is 31.1 Å². The van der Waals surface area contributed by atoms with E-state index >= 15 is 0 Å². The monoisotopic (exact) mass is 252 g/mol. The molecular formula is C13H24N4O. The van der Waals surface area contributed by atoms with Crippen LogP contribution in [0.25, 0.3) is 0 Å². The number of hydrogen-bond donors (Lipinski definition) is 2. The second-order valence-corrected chi connectivity index (χ2v) is 5.17. The van der Waals surface area contributed by atoms with Gasteiger partial charge in [-0.1, -0.05) is 13.8 Å². The van der Waals surface area contributed by atoms with Crippen LogP contribution in [0.4, 0.5) is 5.82 Å². The predicted molar refractivity (Wildman–Crippen MR) is 75.2 cm³/mol. The molecule has 0 spiro atoms. The topological polar surface area (TPSA) is 61.0 Å². The summed E-state index contributed by atoms with van der Waals surface area (Å²) in [5.41, 5.74) is -0.103. The summed E-state index contributed by atoms with van der Waals surface area (Å²) in [5, 5.41) is 3.19. The Kier molecular flexibility index (Phi) is 5.34. The number of hydrogen-bond acceptors (Lipinski definition) is 4. The van der Waals surface area contributed by atoms with Gasteiger partial charge in [-0.15, -0.1) is 0 Å². The number of rotatable bonds is 6. The zero-order chi connectivity index (χ0) is 13.7. The summed E-state index contributed by atoms with van der Waals surface area (Å²) in [5.74, 6) is 1.60. The van der Waals surface area contributed by atoms with Gasteiger partial charge in [-0.05, 0) is 20.9 Å². The standard InChI is InChI=1S/C13H24N4O/c1-9(2)13-15-11(8-12(18)16-13)14-6-7-17(5)10(3)4/h8-10H,6-7H2,1-5H3,(H2,14,15,16,18). The lowest BCUT2D eigenvalue weighted by molar-refractivity contribution is 0.284. The summed E-state index contributed by atoms with van der Waals surface area (Å²) < 4.78 is 0. The Bertz CT molecular complexity index is 425. The van der Waals surface area contributed by atoms with E-state index < -0.39 is 0 Å². The zero-order valence-electron chi connectivity index (χ0n) is 11.9. The molecule has 0 aliphatic carbocycles. The van der Waals surface area contributed by atoms with Crippen molar-refractivity contribution < 1.29 is 0 Å². The van der Waals surface area contributed by atoms with Gasteiger partial charge >= 0.3 is 0 Å². The SMILES string of the molecule is CC(C)c1nc(NCCN(C)C(C)C)cc(=O)[nH]1. The van der Waals surface area contributed by atoms with Crippen molar-refractivity contribution in [1.29, 1.82) is 0 Å². The van der Waals surface area contributed by atoms with Gasteiger partial charge in [0.05, 0.1) is 0 Å². The number of H-pyrrole nitrogens is 1. The number of nitrogens with one attached hydrogen (secondary N) is 2. The Labute approximate surface area is 109 Å². The number of anilines is 1. The summed E-state index contributed by atoms with van der Waals surface area (Å²) in [6, 6.07) is 2.02. The van der Waals surface area contributed by atoms with Crippen molar-refractivity contribution in [3.8, 4) is 0 Å². The molecule has 1 aromatic rings. The minimum atomic E-state index is -0.103. The van der Waals surface area contributed by atoms with Gasteiger partial charge in [0.1, 0.15) is 11.6 Å². The molecule has 1 heterocycles. The average Bonchev–Trinajstić information content (AvgIpc) is 2.27. The van der Waals surface area contributed by atoms with E-state index in [-0.39, 0.29) is 11.5 Å². The minimum Gasteiger partial charge on any atom is -0.369 e. The maximum absolute atomic E-state index is 11.5. The number of aromatic amines is 1. The third-order valence-corrected chi connectivity index (χ3v) is 2.96. The van der Waals surface area contributed by atoms with Crippen LogP contribution in [-0.4, -0.2) is 41.0 Å². The maximum atomic E-state index is 11.5. The fourth-order valence-electron chi connectivity index (χ4n) is 1.46. The third-order valence-electron chi connectivity index (χ3n) is 2.96. The fraction of sp³-hybridized carbons (Fsp3) is 0.692. The molecule has 18 heavy (non-hydrogen) atoms. The van der Waals surface area contributed by atoms with Crippen LogP contribution in [0.1, 0.15) is 39.4 Å². The van der Waals surface area contributed by atoms with E-state index in [1.165, 1.54) is 6.07 Å². The zero-order valence-corrected chi connectivity index (χ0v) is 11.9. The van der Waals surface area contributed by atoms with E-state index in [2.05, 4.69) is 41.1 Å². The molecule has 0 fully saturated rings.